The average molecular weight is 898 g/mol. The molecule has 1 heterocycles. The molecule has 0 aromatic heterocycles. The highest BCUT2D eigenvalue weighted by Crippen LogP contribution is 2.38. The summed E-state index contributed by atoms with van der Waals surface area (Å²) in [5.41, 5.74) is 5.02. The molecule has 336 valence electrons. The Morgan fingerprint density at radius 1 is 0.393 bits per heavy atom. The van der Waals surface area contributed by atoms with Gasteiger partial charge in [-0.1, -0.05) is 144 Å². The predicted molar refractivity (Wildman–Crippen MR) is 248 cm³/mol. The minimum absolute atomic E-state index is 0.0629. The van der Waals surface area contributed by atoms with E-state index in [1.54, 1.807) is 36.5 Å². The minimum atomic E-state index is -4.16. The Bertz CT molecular complexity index is 2230. The monoisotopic (exact) mass is 897 g/mol. The van der Waals surface area contributed by atoms with E-state index in [2.05, 4.69) is 27.7 Å². The van der Waals surface area contributed by atoms with Gasteiger partial charge in [-0.3, -0.25) is 0 Å². The van der Waals surface area contributed by atoms with E-state index in [4.69, 9.17) is 0 Å². The number of halogens is 1. The number of benzene rings is 3. The number of nitrogens with zero attached hydrogens (tertiary/aromatic N) is 3. The van der Waals surface area contributed by atoms with Crippen LogP contribution in [0.5, 0.6) is 0 Å². The van der Waals surface area contributed by atoms with Gasteiger partial charge in [0.25, 0.3) is 0 Å². The Hall–Kier alpha value is -3.46. The van der Waals surface area contributed by atoms with E-state index in [1.165, 1.54) is 25.0 Å². The maximum atomic E-state index is 15.0. The molecule has 0 amide bonds. The van der Waals surface area contributed by atoms with Crippen molar-refractivity contribution in [3.05, 3.63) is 124 Å². The molecule has 0 atom stereocenters. The van der Waals surface area contributed by atoms with E-state index < -0.39 is 35.9 Å². The van der Waals surface area contributed by atoms with Crippen molar-refractivity contribution in [2.45, 2.75) is 133 Å². The number of sulfonamides is 3. The molecular weight excluding hydrogens is 830 g/mol. The topological polar surface area (TPSA) is 112 Å². The highest BCUT2D eigenvalue weighted by Gasteiger charge is 2.34. The van der Waals surface area contributed by atoms with Crippen LogP contribution in [0.4, 0.5) is 4.39 Å². The second kappa shape index (κ2) is 20.8. The highest BCUT2D eigenvalue weighted by molar-refractivity contribution is 7.89. The molecule has 0 spiro atoms. The molecule has 1 aliphatic heterocycles. The maximum Gasteiger partial charge on any atom is 0.244 e. The normalized spacial score (nSPS) is 18.0. The van der Waals surface area contributed by atoms with Crippen LogP contribution in [0.25, 0.3) is 0 Å². The quantitative estimate of drug-likeness (QED) is 0.167. The maximum absolute atomic E-state index is 15.0. The fourth-order valence-corrected chi connectivity index (χ4v) is 12.7. The van der Waals surface area contributed by atoms with Crippen molar-refractivity contribution >= 4 is 30.1 Å². The Balaban J connectivity index is 1.92. The van der Waals surface area contributed by atoms with Gasteiger partial charge >= 0.3 is 0 Å². The molecule has 0 fully saturated rings. The van der Waals surface area contributed by atoms with E-state index >= 15 is 16.8 Å². The Morgan fingerprint density at radius 3 is 0.869 bits per heavy atom. The van der Waals surface area contributed by atoms with Gasteiger partial charge < -0.3 is 0 Å². The Kier molecular flexibility index (Phi) is 17.1. The molecule has 0 unspecified atom stereocenters. The van der Waals surface area contributed by atoms with Gasteiger partial charge in [-0.15, -0.1) is 0 Å². The Morgan fingerprint density at radius 2 is 0.639 bits per heavy atom. The van der Waals surface area contributed by atoms with Gasteiger partial charge in [0.2, 0.25) is 30.1 Å². The first kappa shape index (κ1) is 50.2. The molecule has 3 aromatic rings. The Labute approximate surface area is 367 Å². The van der Waals surface area contributed by atoms with E-state index in [-0.39, 0.29) is 89.5 Å². The van der Waals surface area contributed by atoms with Crippen molar-refractivity contribution in [2.24, 2.45) is 0 Å². The summed E-state index contributed by atoms with van der Waals surface area (Å²) >= 11 is 0. The molecule has 61 heavy (non-hydrogen) atoms. The number of rotatable bonds is 12. The molecule has 0 saturated heterocycles. The third-order valence-electron chi connectivity index (χ3n) is 11.2. The van der Waals surface area contributed by atoms with Gasteiger partial charge in [0.05, 0.1) is 14.7 Å². The fourth-order valence-electron chi connectivity index (χ4n) is 7.35. The standard InChI is InChI=1S/C48H68FN3O6S3/c1-33(2)39-29-43(35(5)6)47(44(30-39)36(7)8)60(55,56)51-25-15-13-23-50(59(53,54)42-21-19-41(49)20-22-42)24-14-16-26-52(28-18-17-27-51)61(57,58)48-45(37(9)10)31-40(34(3)4)32-46(48)38(11)12/h13-22,29-38H,23-28H2,1-12H3/b15-13-,16-14+,18-17+. The van der Waals surface area contributed by atoms with Crippen LogP contribution in [0.2, 0.25) is 0 Å². The summed E-state index contributed by atoms with van der Waals surface area (Å²) in [6.07, 6.45) is 9.93. The molecule has 3 aromatic carbocycles. The van der Waals surface area contributed by atoms with Crippen molar-refractivity contribution in [3.63, 3.8) is 0 Å². The van der Waals surface area contributed by atoms with Crippen LogP contribution in [0, 0.1) is 5.82 Å². The first-order chi connectivity index (χ1) is 28.4. The van der Waals surface area contributed by atoms with Crippen LogP contribution in [-0.4, -0.2) is 77.4 Å². The van der Waals surface area contributed by atoms with Gasteiger partial charge in [0.1, 0.15) is 5.82 Å². The molecule has 1 aliphatic rings. The molecule has 0 aliphatic carbocycles. The lowest BCUT2D eigenvalue weighted by Gasteiger charge is -2.28. The molecule has 13 heteroatoms. The second-order valence-electron chi connectivity index (χ2n) is 17.8. The van der Waals surface area contributed by atoms with Crippen molar-refractivity contribution in [3.8, 4) is 0 Å². The third kappa shape index (κ3) is 11.8. The molecule has 0 saturated carbocycles. The largest absolute Gasteiger partial charge is 0.244 e. The molecule has 0 N–H and O–H groups in total. The van der Waals surface area contributed by atoms with Gasteiger partial charge in [0, 0.05) is 39.3 Å². The molecule has 4 rings (SSSR count). The molecular formula is C48H68FN3O6S3. The lowest BCUT2D eigenvalue weighted by molar-refractivity contribution is 0.462. The fraction of sp³-hybridized carbons (Fsp3) is 0.500. The summed E-state index contributed by atoms with van der Waals surface area (Å²) in [5, 5.41) is 0. The summed E-state index contributed by atoms with van der Waals surface area (Å²) in [7, 11) is -12.5. The van der Waals surface area contributed by atoms with E-state index in [9.17, 15) is 12.8 Å². The van der Waals surface area contributed by atoms with Crippen molar-refractivity contribution < 1.29 is 29.6 Å². The predicted octanol–water partition coefficient (Wildman–Crippen LogP) is 10.6. The van der Waals surface area contributed by atoms with Gasteiger partial charge in [-0.2, -0.15) is 12.9 Å². The van der Waals surface area contributed by atoms with E-state index in [0.717, 1.165) is 45.5 Å². The number of hydrogen-bond donors (Lipinski definition) is 0. The zero-order valence-electron chi connectivity index (χ0n) is 38.2. The smallest absolute Gasteiger partial charge is 0.207 e. The first-order valence-corrected chi connectivity index (χ1v) is 25.8. The number of hydrogen-bond acceptors (Lipinski definition) is 6. The van der Waals surface area contributed by atoms with Gasteiger partial charge in [-0.05, 0) is 93.2 Å². The molecule has 9 nitrogen and oxygen atoms in total. The molecule has 0 bridgehead atoms. The third-order valence-corrected chi connectivity index (χ3v) is 16.9. The zero-order valence-corrected chi connectivity index (χ0v) is 40.6. The summed E-state index contributed by atoms with van der Waals surface area (Å²) in [6.45, 7) is 23.7. The van der Waals surface area contributed by atoms with Gasteiger partial charge in [-0.25, -0.2) is 29.6 Å². The average Bonchev–Trinajstić information content (AvgIpc) is 3.19. The van der Waals surface area contributed by atoms with Crippen molar-refractivity contribution in [2.75, 3.05) is 39.3 Å². The van der Waals surface area contributed by atoms with E-state index in [0.29, 0.717) is 0 Å². The van der Waals surface area contributed by atoms with Crippen LogP contribution in [0.3, 0.4) is 0 Å². The summed E-state index contributed by atoms with van der Waals surface area (Å²) in [6, 6.07) is 12.5. The van der Waals surface area contributed by atoms with Crippen molar-refractivity contribution in [1.82, 2.24) is 12.9 Å². The SMILES string of the molecule is CC(C)c1cc(C(C)C)c(S(=O)(=O)N2C/C=C\CN(S(=O)(=O)c3ccc(F)cc3)C/C=C/CN(S(=O)(=O)c3c(C(C)C)cc(C(C)C)cc3C(C)C)C/C=C/C2)c(C(C)C)c1. The molecule has 0 radical (unpaired) electrons. The summed E-state index contributed by atoms with van der Waals surface area (Å²) < 4.78 is 106. The van der Waals surface area contributed by atoms with Crippen LogP contribution >= 0.6 is 0 Å². The van der Waals surface area contributed by atoms with Crippen LogP contribution < -0.4 is 0 Å². The van der Waals surface area contributed by atoms with Crippen LogP contribution in [0.1, 0.15) is 152 Å². The van der Waals surface area contributed by atoms with Crippen LogP contribution in [0.15, 0.2) is 99.7 Å². The first-order valence-electron chi connectivity index (χ1n) is 21.5. The van der Waals surface area contributed by atoms with Crippen LogP contribution in [-0.2, 0) is 30.1 Å². The van der Waals surface area contributed by atoms with Gasteiger partial charge in [0.15, 0.2) is 0 Å². The van der Waals surface area contributed by atoms with Crippen molar-refractivity contribution in [1.29, 1.82) is 0 Å². The summed E-state index contributed by atoms with van der Waals surface area (Å²) in [5.74, 6) is -0.629. The summed E-state index contributed by atoms with van der Waals surface area (Å²) in [4.78, 5) is 0.427. The minimum Gasteiger partial charge on any atom is -0.207 e. The second-order valence-corrected chi connectivity index (χ2v) is 23.5. The lowest BCUT2D eigenvalue weighted by atomic mass is 9.89. The lowest BCUT2D eigenvalue weighted by Crippen LogP contribution is -2.34. The highest BCUT2D eigenvalue weighted by atomic mass is 32.2. The zero-order chi connectivity index (χ0) is 45.6. The van der Waals surface area contributed by atoms with E-state index in [1.807, 2.05) is 79.7 Å².